The van der Waals surface area contributed by atoms with Gasteiger partial charge in [-0.05, 0) is 11.6 Å². The molecular weight excluding hydrogens is 210 g/mol. The van der Waals surface area contributed by atoms with Gasteiger partial charge >= 0.3 is 0 Å². The molecule has 0 unspecified atom stereocenters. The van der Waals surface area contributed by atoms with E-state index in [4.69, 9.17) is 0 Å². The van der Waals surface area contributed by atoms with Crippen LogP contribution in [-0.4, -0.2) is 6.08 Å². The fourth-order valence-corrected chi connectivity index (χ4v) is 1.55. The van der Waals surface area contributed by atoms with Gasteiger partial charge in [-0.15, -0.1) is 0 Å². The lowest BCUT2D eigenvalue weighted by molar-refractivity contribution is 0.565. The average Bonchev–Trinajstić information content (AvgIpc) is 2.40. The van der Waals surface area contributed by atoms with Gasteiger partial charge in [0.15, 0.2) is 0 Å². The highest BCUT2D eigenvalue weighted by Crippen LogP contribution is 2.18. The van der Waals surface area contributed by atoms with Crippen molar-refractivity contribution < 1.29 is 4.79 Å². The Bertz CT molecular complexity index is 552. The quantitative estimate of drug-likeness (QED) is 0.443. The fraction of sp³-hybridized carbons (Fsp3) is 0. The minimum Gasteiger partial charge on any atom is -0.211 e. The third kappa shape index (κ3) is 3.00. The Balaban J connectivity index is 2.43. The summed E-state index contributed by atoms with van der Waals surface area (Å²) in [4.78, 5) is 14.2. The Hall–Kier alpha value is -2.44. The zero-order valence-electron chi connectivity index (χ0n) is 9.21. The molecule has 0 spiro atoms. The summed E-state index contributed by atoms with van der Waals surface area (Å²) in [7, 11) is 0. The van der Waals surface area contributed by atoms with E-state index in [2.05, 4.69) is 4.99 Å². The van der Waals surface area contributed by atoms with Crippen molar-refractivity contribution in [2.75, 3.05) is 0 Å². The van der Waals surface area contributed by atoms with Gasteiger partial charge in [0.05, 0.1) is 5.70 Å². The maximum Gasteiger partial charge on any atom is 0.240 e. The van der Waals surface area contributed by atoms with Gasteiger partial charge in [-0.25, -0.2) is 4.79 Å². The maximum atomic E-state index is 10.4. The topological polar surface area (TPSA) is 29.4 Å². The number of aliphatic imine (C=N–C) groups is 1. The van der Waals surface area contributed by atoms with Gasteiger partial charge in [0.2, 0.25) is 6.08 Å². The average molecular weight is 221 g/mol. The zero-order chi connectivity index (χ0) is 11.9. The van der Waals surface area contributed by atoms with E-state index in [0.717, 1.165) is 11.1 Å². The van der Waals surface area contributed by atoms with E-state index in [1.807, 2.05) is 66.7 Å². The molecular formula is C15H11NO. The zero-order valence-corrected chi connectivity index (χ0v) is 9.21. The number of hydrogen-bond donors (Lipinski definition) is 0. The molecule has 2 nitrogen and oxygen atoms in total. The molecule has 0 atom stereocenters. The molecule has 82 valence electrons. The third-order valence-electron chi connectivity index (χ3n) is 2.34. The van der Waals surface area contributed by atoms with Crippen LogP contribution in [0.4, 0.5) is 0 Å². The van der Waals surface area contributed by atoms with Crippen molar-refractivity contribution in [1.82, 2.24) is 0 Å². The lowest BCUT2D eigenvalue weighted by atomic mass is 10.1. The van der Waals surface area contributed by atoms with Crippen molar-refractivity contribution in [3.8, 4) is 0 Å². The second-order valence-corrected chi connectivity index (χ2v) is 3.51. The van der Waals surface area contributed by atoms with Crippen LogP contribution in [-0.2, 0) is 4.79 Å². The lowest BCUT2D eigenvalue weighted by Crippen LogP contribution is -1.81. The number of hydrogen-bond acceptors (Lipinski definition) is 2. The Morgan fingerprint density at radius 2 is 1.53 bits per heavy atom. The maximum absolute atomic E-state index is 10.4. The molecule has 17 heavy (non-hydrogen) atoms. The number of isocyanates is 1. The molecule has 2 heteroatoms. The minimum absolute atomic E-state index is 0.617. The minimum atomic E-state index is 0.617. The van der Waals surface area contributed by atoms with Crippen LogP contribution in [0.1, 0.15) is 11.1 Å². The number of nitrogens with zero attached hydrogens (tertiary/aromatic N) is 1. The fourth-order valence-electron chi connectivity index (χ4n) is 1.55. The molecule has 2 aromatic rings. The summed E-state index contributed by atoms with van der Waals surface area (Å²) >= 11 is 0. The largest absolute Gasteiger partial charge is 0.240 e. The van der Waals surface area contributed by atoms with Crippen molar-refractivity contribution in [3.05, 3.63) is 71.8 Å². The van der Waals surface area contributed by atoms with E-state index in [9.17, 15) is 4.79 Å². The van der Waals surface area contributed by atoms with E-state index in [0.29, 0.717) is 5.70 Å². The van der Waals surface area contributed by atoms with Gasteiger partial charge in [0, 0.05) is 5.56 Å². The van der Waals surface area contributed by atoms with Crippen molar-refractivity contribution in [3.63, 3.8) is 0 Å². The number of benzene rings is 2. The second kappa shape index (κ2) is 5.59. The van der Waals surface area contributed by atoms with E-state index in [1.54, 1.807) is 6.08 Å². The number of rotatable bonds is 3. The van der Waals surface area contributed by atoms with Gasteiger partial charge in [0.25, 0.3) is 0 Å². The first kappa shape index (κ1) is 11.1. The van der Waals surface area contributed by atoms with Gasteiger partial charge in [-0.1, -0.05) is 60.7 Å². The van der Waals surface area contributed by atoms with Crippen LogP contribution in [0, 0.1) is 0 Å². The van der Waals surface area contributed by atoms with Crippen LogP contribution in [0.15, 0.2) is 65.7 Å². The first-order chi connectivity index (χ1) is 8.40. The Labute approximate surface area is 100.0 Å². The Morgan fingerprint density at radius 3 is 2.12 bits per heavy atom. The molecule has 0 saturated heterocycles. The second-order valence-electron chi connectivity index (χ2n) is 3.51. The van der Waals surface area contributed by atoms with Crippen molar-refractivity contribution in [1.29, 1.82) is 0 Å². The molecule has 0 aliphatic heterocycles. The summed E-state index contributed by atoms with van der Waals surface area (Å²) in [5.41, 5.74) is 2.52. The van der Waals surface area contributed by atoms with E-state index in [1.165, 1.54) is 0 Å². The molecule has 0 aromatic heterocycles. The smallest absolute Gasteiger partial charge is 0.211 e. The molecule has 0 saturated carbocycles. The van der Waals surface area contributed by atoms with Crippen LogP contribution < -0.4 is 0 Å². The van der Waals surface area contributed by atoms with Crippen molar-refractivity contribution in [2.45, 2.75) is 0 Å². The van der Waals surface area contributed by atoms with Crippen molar-refractivity contribution in [2.24, 2.45) is 4.99 Å². The highest BCUT2D eigenvalue weighted by atomic mass is 16.1. The molecule has 2 rings (SSSR count). The monoisotopic (exact) mass is 221 g/mol. The SMILES string of the molecule is O=C=NC(=Cc1ccccc1)c1ccccc1. The van der Waals surface area contributed by atoms with Crippen LogP contribution in [0.25, 0.3) is 11.8 Å². The molecule has 0 aliphatic rings. The summed E-state index contributed by atoms with van der Waals surface area (Å²) in [6.07, 6.45) is 3.45. The highest BCUT2D eigenvalue weighted by molar-refractivity contribution is 5.82. The predicted molar refractivity (Wildman–Crippen MR) is 68.9 cm³/mol. The van der Waals surface area contributed by atoms with Gasteiger partial charge in [-0.3, -0.25) is 0 Å². The molecule has 0 bridgehead atoms. The van der Waals surface area contributed by atoms with E-state index >= 15 is 0 Å². The standard InChI is InChI=1S/C15H11NO/c17-12-16-15(14-9-5-2-6-10-14)11-13-7-3-1-4-8-13/h1-11H. The van der Waals surface area contributed by atoms with Gasteiger partial charge in [0.1, 0.15) is 0 Å². The molecule has 2 aromatic carbocycles. The van der Waals surface area contributed by atoms with E-state index in [-0.39, 0.29) is 0 Å². The third-order valence-corrected chi connectivity index (χ3v) is 2.34. The molecule has 0 fully saturated rings. The molecule has 0 radical (unpaired) electrons. The summed E-state index contributed by atoms with van der Waals surface area (Å²) in [6.45, 7) is 0. The van der Waals surface area contributed by atoms with Crippen LogP contribution in [0.2, 0.25) is 0 Å². The number of carbonyl (C=O) groups excluding carboxylic acids is 1. The summed E-state index contributed by atoms with van der Waals surface area (Å²) < 4.78 is 0. The van der Waals surface area contributed by atoms with Crippen molar-refractivity contribution >= 4 is 17.9 Å². The van der Waals surface area contributed by atoms with E-state index < -0.39 is 0 Å². The molecule has 0 heterocycles. The first-order valence-corrected chi connectivity index (χ1v) is 5.30. The highest BCUT2D eigenvalue weighted by Gasteiger charge is 1.99. The van der Waals surface area contributed by atoms with Gasteiger partial charge < -0.3 is 0 Å². The normalized spacial score (nSPS) is 10.7. The molecule has 0 amide bonds. The summed E-state index contributed by atoms with van der Waals surface area (Å²) in [5.74, 6) is 0. The molecule has 0 N–H and O–H groups in total. The van der Waals surface area contributed by atoms with Crippen LogP contribution in [0.5, 0.6) is 0 Å². The lowest BCUT2D eigenvalue weighted by Gasteiger charge is -2.00. The van der Waals surface area contributed by atoms with Crippen LogP contribution in [0.3, 0.4) is 0 Å². The van der Waals surface area contributed by atoms with Gasteiger partial charge in [-0.2, -0.15) is 4.99 Å². The molecule has 0 aliphatic carbocycles. The summed E-state index contributed by atoms with van der Waals surface area (Å²) in [5, 5.41) is 0. The van der Waals surface area contributed by atoms with Crippen LogP contribution >= 0.6 is 0 Å². The Morgan fingerprint density at radius 1 is 0.941 bits per heavy atom. The first-order valence-electron chi connectivity index (χ1n) is 5.30. The predicted octanol–water partition coefficient (Wildman–Crippen LogP) is 3.52. The summed E-state index contributed by atoms with van der Waals surface area (Å²) in [6, 6.07) is 19.3. The Kier molecular flexibility index (Phi) is 3.64.